The molecule has 2 aliphatic rings. The molecule has 0 amide bonds. The van der Waals surface area contributed by atoms with E-state index < -0.39 is 0 Å². The van der Waals surface area contributed by atoms with Gasteiger partial charge in [0.1, 0.15) is 11.6 Å². The van der Waals surface area contributed by atoms with Crippen LogP contribution in [0.1, 0.15) is 54.1 Å². The second kappa shape index (κ2) is 5.51. The monoisotopic (exact) mass is 296 g/mol. The van der Waals surface area contributed by atoms with Crippen molar-refractivity contribution in [1.82, 2.24) is 20.1 Å². The maximum atomic E-state index is 4.41. The molecular weight excluding hydrogens is 272 g/mol. The van der Waals surface area contributed by atoms with Crippen molar-refractivity contribution < 1.29 is 0 Å². The minimum absolute atomic E-state index is 0.437. The fraction of sp³-hybridized carbons (Fsp3) is 0.556. The zero-order chi connectivity index (χ0) is 15.1. The van der Waals surface area contributed by atoms with Crippen molar-refractivity contribution in [3.63, 3.8) is 0 Å². The number of nitrogens with one attached hydrogen (secondary N) is 1. The Bertz CT molecular complexity index is 688. The van der Waals surface area contributed by atoms with Crippen molar-refractivity contribution in [3.8, 4) is 0 Å². The Morgan fingerprint density at radius 1 is 1.27 bits per heavy atom. The van der Waals surface area contributed by atoms with Gasteiger partial charge in [-0.2, -0.15) is 0 Å². The molecule has 1 aromatic heterocycles. The molecule has 4 nitrogen and oxygen atoms in total. The molecule has 1 N–H and O–H groups in total. The molecule has 4 heteroatoms. The second-order valence-corrected chi connectivity index (χ2v) is 6.88. The Hall–Kier alpha value is -1.68. The predicted octanol–water partition coefficient (Wildman–Crippen LogP) is 2.95. The van der Waals surface area contributed by atoms with Gasteiger partial charge in [0, 0.05) is 19.0 Å². The number of benzene rings is 1. The third-order valence-electron chi connectivity index (χ3n) is 5.16. The first-order valence-corrected chi connectivity index (χ1v) is 8.46. The standard InChI is InChI=1S/C18H24N4/c1-12-6-7-14-10-13(2)18(15(14)9-12)19-11-17-21-20-16-5-3-4-8-22(16)17/h6-7,9,13,18-19H,3-5,8,10-11H2,1-2H3/t13-,18+/m0/s1. The third kappa shape index (κ3) is 2.35. The fourth-order valence-electron chi connectivity index (χ4n) is 3.97. The summed E-state index contributed by atoms with van der Waals surface area (Å²) in [7, 11) is 0. The lowest BCUT2D eigenvalue weighted by Gasteiger charge is -2.20. The molecule has 0 saturated carbocycles. The van der Waals surface area contributed by atoms with E-state index in [0.29, 0.717) is 12.0 Å². The molecule has 2 aromatic rings. The first-order chi connectivity index (χ1) is 10.7. The van der Waals surface area contributed by atoms with Crippen LogP contribution in [0.15, 0.2) is 18.2 Å². The number of aromatic nitrogens is 3. The van der Waals surface area contributed by atoms with Crippen LogP contribution < -0.4 is 5.32 Å². The Kier molecular flexibility index (Phi) is 3.49. The SMILES string of the molecule is Cc1ccc2c(c1)[C@H](NCc1nnc3n1CCCC3)[C@@H](C)C2. The molecule has 22 heavy (non-hydrogen) atoms. The van der Waals surface area contributed by atoms with Gasteiger partial charge in [-0.3, -0.25) is 0 Å². The predicted molar refractivity (Wildman–Crippen MR) is 86.6 cm³/mol. The first kappa shape index (κ1) is 13.9. The molecule has 0 bridgehead atoms. The number of fused-ring (bicyclic) bond motifs is 2. The van der Waals surface area contributed by atoms with E-state index in [0.717, 1.165) is 25.3 Å². The fourth-order valence-corrected chi connectivity index (χ4v) is 3.97. The first-order valence-electron chi connectivity index (χ1n) is 8.46. The zero-order valence-electron chi connectivity index (χ0n) is 13.5. The Balaban J connectivity index is 1.53. The van der Waals surface area contributed by atoms with Gasteiger partial charge in [0.25, 0.3) is 0 Å². The Morgan fingerprint density at radius 2 is 2.18 bits per heavy atom. The van der Waals surface area contributed by atoms with E-state index in [9.17, 15) is 0 Å². The van der Waals surface area contributed by atoms with E-state index in [4.69, 9.17) is 0 Å². The number of rotatable bonds is 3. The quantitative estimate of drug-likeness (QED) is 0.947. The summed E-state index contributed by atoms with van der Waals surface area (Å²) in [6.45, 7) is 6.41. The van der Waals surface area contributed by atoms with E-state index in [1.165, 1.54) is 41.8 Å². The topological polar surface area (TPSA) is 42.7 Å². The highest BCUT2D eigenvalue weighted by Gasteiger charge is 2.29. The summed E-state index contributed by atoms with van der Waals surface area (Å²) in [6.07, 6.45) is 4.75. The number of nitrogens with zero attached hydrogens (tertiary/aromatic N) is 3. The van der Waals surface area contributed by atoms with Crippen LogP contribution in [-0.2, 0) is 25.9 Å². The van der Waals surface area contributed by atoms with Gasteiger partial charge >= 0.3 is 0 Å². The van der Waals surface area contributed by atoms with Crippen LogP contribution in [0.2, 0.25) is 0 Å². The van der Waals surface area contributed by atoms with Gasteiger partial charge in [0.05, 0.1) is 6.54 Å². The van der Waals surface area contributed by atoms with Crippen LogP contribution >= 0.6 is 0 Å². The highest BCUT2D eigenvalue weighted by Crippen LogP contribution is 2.36. The maximum Gasteiger partial charge on any atom is 0.147 e. The van der Waals surface area contributed by atoms with E-state index in [1.807, 2.05) is 0 Å². The number of hydrogen-bond acceptors (Lipinski definition) is 3. The van der Waals surface area contributed by atoms with Crippen molar-refractivity contribution in [2.24, 2.45) is 5.92 Å². The van der Waals surface area contributed by atoms with Gasteiger partial charge in [-0.05, 0) is 43.2 Å². The summed E-state index contributed by atoms with van der Waals surface area (Å²) in [5, 5.41) is 12.5. The highest BCUT2D eigenvalue weighted by molar-refractivity contribution is 5.38. The molecular formula is C18H24N4. The van der Waals surface area contributed by atoms with Crippen LogP contribution in [0, 0.1) is 12.8 Å². The van der Waals surface area contributed by atoms with Crippen molar-refractivity contribution in [2.75, 3.05) is 0 Å². The largest absolute Gasteiger partial charge is 0.314 e. The summed E-state index contributed by atoms with van der Waals surface area (Å²) < 4.78 is 2.31. The summed E-state index contributed by atoms with van der Waals surface area (Å²) in [5.74, 6) is 2.90. The van der Waals surface area contributed by atoms with E-state index in [2.05, 4.69) is 52.1 Å². The van der Waals surface area contributed by atoms with Crippen LogP contribution in [0.4, 0.5) is 0 Å². The molecule has 0 spiro atoms. The molecule has 2 atom stereocenters. The van der Waals surface area contributed by atoms with Gasteiger partial charge in [-0.1, -0.05) is 30.7 Å². The van der Waals surface area contributed by atoms with E-state index in [-0.39, 0.29) is 0 Å². The van der Waals surface area contributed by atoms with E-state index >= 15 is 0 Å². The minimum atomic E-state index is 0.437. The normalized spacial score (nSPS) is 23.4. The van der Waals surface area contributed by atoms with Crippen LogP contribution in [0.3, 0.4) is 0 Å². The average molecular weight is 296 g/mol. The summed E-state index contributed by atoms with van der Waals surface area (Å²) in [4.78, 5) is 0. The molecule has 0 fully saturated rings. The lowest BCUT2D eigenvalue weighted by Crippen LogP contribution is -2.26. The van der Waals surface area contributed by atoms with Crippen LogP contribution in [0.25, 0.3) is 0 Å². The van der Waals surface area contributed by atoms with Crippen LogP contribution in [-0.4, -0.2) is 14.8 Å². The molecule has 0 radical (unpaired) electrons. The van der Waals surface area contributed by atoms with Crippen molar-refractivity contribution in [2.45, 2.75) is 58.7 Å². The summed E-state index contributed by atoms with van der Waals surface area (Å²) >= 11 is 0. The Labute approximate surface area is 132 Å². The summed E-state index contributed by atoms with van der Waals surface area (Å²) in [5.41, 5.74) is 4.32. The van der Waals surface area contributed by atoms with Crippen molar-refractivity contribution in [3.05, 3.63) is 46.5 Å². The molecule has 1 aromatic carbocycles. The van der Waals surface area contributed by atoms with Crippen molar-refractivity contribution >= 4 is 0 Å². The van der Waals surface area contributed by atoms with E-state index in [1.54, 1.807) is 0 Å². The minimum Gasteiger partial charge on any atom is -0.314 e. The molecule has 116 valence electrons. The molecule has 2 heterocycles. The lowest BCUT2D eigenvalue weighted by atomic mass is 10.0. The lowest BCUT2D eigenvalue weighted by molar-refractivity contribution is 0.401. The Morgan fingerprint density at radius 3 is 3.09 bits per heavy atom. The number of aryl methyl sites for hydroxylation is 2. The molecule has 1 aliphatic heterocycles. The molecule has 0 unspecified atom stereocenters. The van der Waals surface area contributed by atoms with Crippen molar-refractivity contribution in [1.29, 1.82) is 0 Å². The van der Waals surface area contributed by atoms with Gasteiger partial charge < -0.3 is 9.88 Å². The highest BCUT2D eigenvalue weighted by atomic mass is 15.3. The molecule has 4 rings (SSSR count). The van der Waals surface area contributed by atoms with Gasteiger partial charge in [-0.25, -0.2) is 0 Å². The number of hydrogen-bond donors (Lipinski definition) is 1. The molecule has 1 aliphatic carbocycles. The van der Waals surface area contributed by atoms with Gasteiger partial charge in [0.2, 0.25) is 0 Å². The second-order valence-electron chi connectivity index (χ2n) is 6.88. The summed E-state index contributed by atoms with van der Waals surface area (Å²) in [6, 6.07) is 7.30. The maximum absolute atomic E-state index is 4.41. The van der Waals surface area contributed by atoms with Gasteiger partial charge in [0.15, 0.2) is 0 Å². The third-order valence-corrected chi connectivity index (χ3v) is 5.16. The van der Waals surface area contributed by atoms with Crippen LogP contribution in [0.5, 0.6) is 0 Å². The smallest absolute Gasteiger partial charge is 0.147 e. The zero-order valence-corrected chi connectivity index (χ0v) is 13.5. The molecule has 0 saturated heterocycles. The van der Waals surface area contributed by atoms with Gasteiger partial charge in [-0.15, -0.1) is 10.2 Å². The average Bonchev–Trinajstić information content (AvgIpc) is 3.06.